The van der Waals surface area contributed by atoms with E-state index in [2.05, 4.69) is 10.6 Å². The number of carbonyl (C=O) groups is 2. The average molecular weight is 303 g/mol. The molecule has 0 aromatic carbocycles. The summed E-state index contributed by atoms with van der Waals surface area (Å²) in [5.74, 6) is 0.498. The molecular weight excluding hydrogens is 280 g/mol. The SMILES string of the molecule is CCCC(=O)NC(=O)C(CCSC)NC.Cl.S. The van der Waals surface area contributed by atoms with Crippen LogP contribution >= 0.6 is 37.7 Å². The third-order valence-electron chi connectivity index (χ3n) is 2.02. The Balaban J connectivity index is -0.000000980. The average Bonchev–Trinajstić information content (AvgIpc) is 2.19. The number of hydrogen-bond acceptors (Lipinski definition) is 4. The van der Waals surface area contributed by atoms with Gasteiger partial charge in [0.15, 0.2) is 0 Å². The lowest BCUT2D eigenvalue weighted by atomic mass is 10.2. The van der Waals surface area contributed by atoms with Crippen LogP contribution in [-0.2, 0) is 9.59 Å². The molecule has 2 amide bonds. The van der Waals surface area contributed by atoms with Crippen LogP contribution in [0.3, 0.4) is 0 Å². The molecule has 0 radical (unpaired) electrons. The van der Waals surface area contributed by atoms with Crippen molar-refractivity contribution in [3.05, 3.63) is 0 Å². The standard InChI is InChI=1S/C10H20N2O2S.ClH.H2S/c1-4-5-9(13)12-10(14)8(11-2)6-7-15-3;;/h8,11H,4-7H2,1-3H3,(H,12,13,14);1H;1H2. The summed E-state index contributed by atoms with van der Waals surface area (Å²) < 4.78 is 0. The van der Waals surface area contributed by atoms with Gasteiger partial charge in [-0.05, 0) is 31.9 Å². The van der Waals surface area contributed by atoms with E-state index in [4.69, 9.17) is 0 Å². The first kappa shape index (κ1) is 22.3. The van der Waals surface area contributed by atoms with Crippen LogP contribution in [0.25, 0.3) is 0 Å². The van der Waals surface area contributed by atoms with Crippen LogP contribution in [-0.4, -0.2) is 36.9 Å². The van der Waals surface area contributed by atoms with E-state index in [1.807, 2.05) is 13.2 Å². The first-order chi connectivity index (χ1) is 7.15. The molecule has 0 aromatic rings. The highest BCUT2D eigenvalue weighted by Gasteiger charge is 2.17. The molecule has 7 heteroatoms. The number of rotatable bonds is 7. The maximum atomic E-state index is 11.6. The van der Waals surface area contributed by atoms with Gasteiger partial charge in [-0.25, -0.2) is 0 Å². The van der Waals surface area contributed by atoms with E-state index in [0.717, 1.165) is 18.6 Å². The molecule has 4 nitrogen and oxygen atoms in total. The van der Waals surface area contributed by atoms with Crippen LogP contribution in [0.4, 0.5) is 0 Å². The maximum Gasteiger partial charge on any atom is 0.243 e. The first-order valence-electron chi connectivity index (χ1n) is 5.15. The van der Waals surface area contributed by atoms with E-state index in [0.29, 0.717) is 6.42 Å². The summed E-state index contributed by atoms with van der Waals surface area (Å²) in [6.45, 7) is 1.91. The molecule has 0 bridgehead atoms. The van der Waals surface area contributed by atoms with E-state index in [9.17, 15) is 9.59 Å². The zero-order chi connectivity index (χ0) is 11.7. The fraction of sp³-hybridized carbons (Fsp3) is 0.800. The predicted octanol–water partition coefficient (Wildman–Crippen LogP) is 1.31. The van der Waals surface area contributed by atoms with Gasteiger partial charge in [-0.15, -0.1) is 12.4 Å². The molecule has 0 rings (SSSR count). The molecular formula is C10H23ClN2O2S2. The zero-order valence-electron chi connectivity index (χ0n) is 10.5. The molecule has 17 heavy (non-hydrogen) atoms. The number of nitrogens with one attached hydrogen (secondary N) is 2. The number of hydrogen-bond donors (Lipinski definition) is 2. The number of carbonyl (C=O) groups excluding carboxylic acids is 2. The van der Waals surface area contributed by atoms with Crippen LogP contribution in [0.2, 0.25) is 0 Å². The van der Waals surface area contributed by atoms with Crippen molar-refractivity contribution in [2.45, 2.75) is 32.2 Å². The largest absolute Gasteiger partial charge is 0.309 e. The summed E-state index contributed by atoms with van der Waals surface area (Å²) in [5, 5.41) is 5.30. The fourth-order valence-electron chi connectivity index (χ4n) is 1.16. The molecule has 0 aliphatic rings. The highest BCUT2D eigenvalue weighted by molar-refractivity contribution is 7.98. The highest BCUT2D eigenvalue weighted by atomic mass is 35.5. The van der Waals surface area contributed by atoms with Crippen molar-refractivity contribution >= 4 is 49.5 Å². The number of halogens is 1. The van der Waals surface area contributed by atoms with Crippen molar-refractivity contribution in [2.24, 2.45) is 0 Å². The topological polar surface area (TPSA) is 58.2 Å². The van der Waals surface area contributed by atoms with E-state index in [1.54, 1.807) is 18.8 Å². The van der Waals surface area contributed by atoms with Crippen molar-refractivity contribution < 1.29 is 9.59 Å². The predicted molar refractivity (Wildman–Crippen MR) is 81.5 cm³/mol. The molecule has 0 fully saturated rings. The van der Waals surface area contributed by atoms with Crippen molar-refractivity contribution in [2.75, 3.05) is 19.1 Å². The van der Waals surface area contributed by atoms with Crippen LogP contribution < -0.4 is 10.6 Å². The van der Waals surface area contributed by atoms with Gasteiger partial charge in [-0.2, -0.15) is 25.3 Å². The molecule has 0 aromatic heterocycles. The van der Waals surface area contributed by atoms with Gasteiger partial charge in [0.05, 0.1) is 6.04 Å². The Hall–Kier alpha value is 0.0900. The minimum absolute atomic E-state index is 0. The van der Waals surface area contributed by atoms with Gasteiger partial charge in [0.1, 0.15) is 0 Å². The number of amides is 2. The fourth-order valence-corrected chi connectivity index (χ4v) is 1.63. The second-order valence-electron chi connectivity index (χ2n) is 3.29. The Bertz CT molecular complexity index is 218. The van der Waals surface area contributed by atoms with Gasteiger partial charge in [0.25, 0.3) is 0 Å². The number of thioether (sulfide) groups is 1. The number of likely N-dealkylation sites (N-methyl/N-ethyl adjacent to an activating group) is 1. The van der Waals surface area contributed by atoms with Crippen LogP contribution in [0.5, 0.6) is 0 Å². The van der Waals surface area contributed by atoms with Gasteiger partial charge in [0, 0.05) is 6.42 Å². The van der Waals surface area contributed by atoms with Gasteiger partial charge in [-0.1, -0.05) is 6.92 Å². The molecule has 0 saturated carbocycles. The van der Waals surface area contributed by atoms with Crippen LogP contribution in [0.15, 0.2) is 0 Å². The molecule has 1 atom stereocenters. The van der Waals surface area contributed by atoms with Crippen LogP contribution in [0.1, 0.15) is 26.2 Å². The first-order valence-corrected chi connectivity index (χ1v) is 6.55. The molecule has 2 N–H and O–H groups in total. The van der Waals surface area contributed by atoms with Crippen LogP contribution in [0, 0.1) is 0 Å². The van der Waals surface area contributed by atoms with Crippen molar-refractivity contribution in [1.29, 1.82) is 0 Å². The summed E-state index contributed by atoms with van der Waals surface area (Å²) in [5.41, 5.74) is 0. The molecule has 1 unspecified atom stereocenters. The molecule has 0 heterocycles. The van der Waals surface area contributed by atoms with Gasteiger partial charge in [-0.3, -0.25) is 14.9 Å². The van der Waals surface area contributed by atoms with Crippen molar-refractivity contribution in [3.63, 3.8) is 0 Å². The Morgan fingerprint density at radius 1 is 1.35 bits per heavy atom. The highest BCUT2D eigenvalue weighted by Crippen LogP contribution is 2.00. The molecule has 104 valence electrons. The van der Waals surface area contributed by atoms with Crippen molar-refractivity contribution in [3.8, 4) is 0 Å². The van der Waals surface area contributed by atoms with E-state index in [-0.39, 0.29) is 43.8 Å². The van der Waals surface area contributed by atoms with Gasteiger partial charge in [0.2, 0.25) is 11.8 Å². The van der Waals surface area contributed by atoms with Crippen molar-refractivity contribution in [1.82, 2.24) is 10.6 Å². The second-order valence-corrected chi connectivity index (χ2v) is 4.27. The maximum absolute atomic E-state index is 11.6. The van der Waals surface area contributed by atoms with E-state index >= 15 is 0 Å². The molecule has 0 saturated heterocycles. The second kappa shape index (κ2) is 14.2. The summed E-state index contributed by atoms with van der Waals surface area (Å²) in [4.78, 5) is 22.7. The van der Waals surface area contributed by atoms with Gasteiger partial charge >= 0.3 is 0 Å². The summed E-state index contributed by atoms with van der Waals surface area (Å²) in [6, 6.07) is -0.266. The normalized spacial score (nSPS) is 10.8. The summed E-state index contributed by atoms with van der Waals surface area (Å²) in [7, 11) is 1.73. The molecule has 0 aliphatic heterocycles. The summed E-state index contributed by atoms with van der Waals surface area (Å²) >= 11 is 1.69. The Kier molecular flexibility index (Phi) is 18.6. The quantitative estimate of drug-likeness (QED) is 0.744. The lowest BCUT2D eigenvalue weighted by Crippen LogP contribution is -2.45. The monoisotopic (exact) mass is 302 g/mol. The Morgan fingerprint density at radius 2 is 1.94 bits per heavy atom. The number of imide groups is 1. The minimum Gasteiger partial charge on any atom is -0.309 e. The van der Waals surface area contributed by atoms with Gasteiger partial charge < -0.3 is 5.32 Å². The third kappa shape index (κ3) is 10.9. The Labute approximate surface area is 121 Å². The zero-order valence-corrected chi connectivity index (χ0v) is 13.2. The molecule has 0 aliphatic carbocycles. The smallest absolute Gasteiger partial charge is 0.243 e. The van der Waals surface area contributed by atoms with E-state index in [1.165, 1.54) is 0 Å². The van der Waals surface area contributed by atoms with E-state index < -0.39 is 0 Å². The minimum atomic E-state index is -0.266. The lowest BCUT2D eigenvalue weighted by Gasteiger charge is -2.14. The summed E-state index contributed by atoms with van der Waals surface area (Å²) in [6.07, 6.45) is 3.90. The molecule has 0 spiro atoms. The lowest BCUT2D eigenvalue weighted by molar-refractivity contribution is -0.131. The Morgan fingerprint density at radius 3 is 2.35 bits per heavy atom. The third-order valence-corrected chi connectivity index (χ3v) is 2.66.